The highest BCUT2D eigenvalue weighted by Gasteiger charge is 2.34. The lowest BCUT2D eigenvalue weighted by atomic mass is 9.86. The van der Waals surface area contributed by atoms with E-state index in [-0.39, 0.29) is 0 Å². The van der Waals surface area contributed by atoms with Crippen LogP contribution in [0.15, 0.2) is 43.0 Å². The van der Waals surface area contributed by atoms with Crippen LogP contribution in [0, 0.1) is 5.92 Å². The Morgan fingerprint density at radius 1 is 1.06 bits per heavy atom. The number of carbonyl (C=O) groups excluding carboxylic acids is 1. The fourth-order valence-corrected chi connectivity index (χ4v) is 5.28. The van der Waals surface area contributed by atoms with Crippen LogP contribution < -0.4 is 5.32 Å². The summed E-state index contributed by atoms with van der Waals surface area (Å²) in [6.45, 7) is 16.1. The monoisotopic (exact) mass is 447 g/mol. The number of carbonyl (C=O) groups is 1. The predicted octanol–water partition coefficient (Wildman–Crippen LogP) is 8.64. The SMILES string of the molecule is C=CC.CC.CCC(CC)CCC1c2ccc(C(C)NC)cc2-c2c1ccc1c2CCC1=O. The standard InChI is InChI=1S/C26H33NO.C3H6.C2H6/c1-5-17(6-2)7-9-19-20-10-8-18(16(3)27-4)15-24(20)26-22(19)12-11-21-23(26)13-14-25(21)28;1-3-2;1-2/h8,10-12,15-17,19,27H,5-7,9,13-14H2,1-4H3;3H,1H2,2H3;1-2H3. The van der Waals surface area contributed by atoms with Crippen LogP contribution in [-0.4, -0.2) is 12.8 Å². The maximum Gasteiger partial charge on any atom is 0.163 e. The Balaban J connectivity index is 0.000000714. The Morgan fingerprint density at radius 2 is 1.70 bits per heavy atom. The zero-order valence-electron chi connectivity index (χ0n) is 22.1. The number of nitrogens with one attached hydrogen (secondary N) is 1. The topological polar surface area (TPSA) is 29.1 Å². The second-order valence-corrected chi connectivity index (χ2v) is 9.06. The molecule has 2 aliphatic carbocycles. The largest absolute Gasteiger partial charge is 0.313 e. The van der Waals surface area contributed by atoms with Crippen LogP contribution >= 0.6 is 0 Å². The molecule has 2 nitrogen and oxygen atoms in total. The average molecular weight is 448 g/mol. The van der Waals surface area contributed by atoms with Crippen molar-refractivity contribution >= 4 is 5.78 Å². The van der Waals surface area contributed by atoms with E-state index in [0.29, 0.717) is 24.2 Å². The Labute approximate surface area is 202 Å². The van der Waals surface area contributed by atoms with Crippen molar-refractivity contribution in [2.45, 2.75) is 92.0 Å². The van der Waals surface area contributed by atoms with Crippen molar-refractivity contribution in [1.82, 2.24) is 5.32 Å². The molecular formula is C31H45NO. The van der Waals surface area contributed by atoms with E-state index in [1.807, 2.05) is 27.8 Å². The van der Waals surface area contributed by atoms with Gasteiger partial charge in [0.25, 0.3) is 0 Å². The van der Waals surface area contributed by atoms with Crippen molar-refractivity contribution in [3.8, 4) is 11.1 Å². The molecule has 2 aliphatic rings. The molecule has 0 aliphatic heterocycles. The smallest absolute Gasteiger partial charge is 0.163 e. The number of rotatable bonds is 7. The molecule has 33 heavy (non-hydrogen) atoms. The Morgan fingerprint density at radius 3 is 2.30 bits per heavy atom. The van der Waals surface area contributed by atoms with E-state index in [1.54, 1.807) is 6.08 Å². The molecule has 2 heteroatoms. The number of ketones is 1. The van der Waals surface area contributed by atoms with Gasteiger partial charge < -0.3 is 5.32 Å². The Hall–Kier alpha value is -2.19. The minimum absolute atomic E-state index is 0.319. The van der Waals surface area contributed by atoms with E-state index >= 15 is 0 Å². The first-order valence-corrected chi connectivity index (χ1v) is 13.1. The van der Waals surface area contributed by atoms with Crippen LogP contribution in [0.25, 0.3) is 11.1 Å². The second kappa shape index (κ2) is 12.9. The van der Waals surface area contributed by atoms with Crippen LogP contribution in [0.1, 0.15) is 118 Å². The third-order valence-electron chi connectivity index (χ3n) is 7.30. The lowest BCUT2D eigenvalue weighted by Crippen LogP contribution is -2.12. The van der Waals surface area contributed by atoms with Gasteiger partial charge in [0.15, 0.2) is 5.78 Å². The van der Waals surface area contributed by atoms with E-state index < -0.39 is 0 Å². The number of fused-ring (bicyclic) bond motifs is 5. The lowest BCUT2D eigenvalue weighted by Gasteiger charge is -2.18. The first kappa shape index (κ1) is 27.1. The summed E-state index contributed by atoms with van der Waals surface area (Å²) in [5, 5.41) is 3.37. The number of Topliss-reactive ketones (excluding diaryl/α,β-unsaturated/α-hetero) is 1. The average Bonchev–Trinajstić information content (AvgIpc) is 3.38. The Bertz CT molecular complexity index is 938. The minimum atomic E-state index is 0.319. The molecule has 0 spiro atoms. The molecule has 0 heterocycles. The molecule has 2 unspecified atom stereocenters. The van der Waals surface area contributed by atoms with E-state index in [1.165, 1.54) is 59.1 Å². The predicted molar refractivity (Wildman–Crippen MR) is 144 cm³/mol. The highest BCUT2D eigenvalue weighted by atomic mass is 16.1. The van der Waals surface area contributed by atoms with Gasteiger partial charge in [-0.25, -0.2) is 0 Å². The van der Waals surface area contributed by atoms with Gasteiger partial charge in [-0.1, -0.05) is 70.9 Å². The fraction of sp³-hybridized carbons (Fsp3) is 0.516. The van der Waals surface area contributed by atoms with Crippen LogP contribution in [0.4, 0.5) is 0 Å². The highest BCUT2D eigenvalue weighted by molar-refractivity contribution is 6.03. The normalized spacial score (nSPS) is 16.1. The van der Waals surface area contributed by atoms with Gasteiger partial charge in [-0.2, -0.15) is 0 Å². The zero-order valence-corrected chi connectivity index (χ0v) is 22.1. The molecule has 0 fully saturated rings. The first-order chi connectivity index (χ1) is 16.0. The number of allylic oxidation sites excluding steroid dienone is 1. The molecule has 2 aromatic rings. The second-order valence-electron chi connectivity index (χ2n) is 9.06. The van der Waals surface area contributed by atoms with Crippen LogP contribution in [-0.2, 0) is 6.42 Å². The zero-order chi connectivity index (χ0) is 24.5. The van der Waals surface area contributed by atoms with Crippen molar-refractivity contribution < 1.29 is 4.79 Å². The van der Waals surface area contributed by atoms with E-state index in [2.05, 4.69) is 63.0 Å². The number of hydrogen-bond donors (Lipinski definition) is 1. The van der Waals surface area contributed by atoms with Crippen molar-refractivity contribution in [3.05, 3.63) is 70.8 Å². The molecule has 1 N–H and O–H groups in total. The molecule has 0 amide bonds. The summed E-state index contributed by atoms with van der Waals surface area (Å²) in [5.41, 5.74) is 9.31. The molecule has 4 rings (SSSR count). The number of benzene rings is 2. The van der Waals surface area contributed by atoms with Crippen molar-refractivity contribution in [2.75, 3.05) is 7.05 Å². The van der Waals surface area contributed by atoms with Gasteiger partial charge in [-0.05, 0) is 85.5 Å². The molecule has 2 atom stereocenters. The summed E-state index contributed by atoms with van der Waals surface area (Å²) >= 11 is 0. The van der Waals surface area contributed by atoms with Gasteiger partial charge in [0.1, 0.15) is 0 Å². The van der Waals surface area contributed by atoms with E-state index in [4.69, 9.17) is 0 Å². The van der Waals surface area contributed by atoms with Crippen molar-refractivity contribution in [3.63, 3.8) is 0 Å². The summed E-state index contributed by atoms with van der Waals surface area (Å²) in [6.07, 6.45) is 8.34. The molecular weight excluding hydrogens is 402 g/mol. The van der Waals surface area contributed by atoms with E-state index in [0.717, 1.165) is 17.9 Å². The summed E-state index contributed by atoms with van der Waals surface area (Å²) in [7, 11) is 2.01. The third-order valence-corrected chi connectivity index (χ3v) is 7.30. The Kier molecular flexibility index (Phi) is 10.6. The highest BCUT2D eigenvalue weighted by Crippen LogP contribution is 2.51. The van der Waals surface area contributed by atoms with Crippen molar-refractivity contribution in [1.29, 1.82) is 0 Å². The molecule has 0 radical (unpaired) electrons. The number of hydrogen-bond acceptors (Lipinski definition) is 2. The molecule has 0 saturated carbocycles. The molecule has 180 valence electrons. The summed E-state index contributed by atoms with van der Waals surface area (Å²) in [4.78, 5) is 12.4. The molecule has 2 aromatic carbocycles. The maximum absolute atomic E-state index is 12.4. The van der Waals surface area contributed by atoms with Gasteiger partial charge in [-0.15, -0.1) is 6.58 Å². The lowest BCUT2D eigenvalue weighted by molar-refractivity contribution is 0.0994. The van der Waals surface area contributed by atoms with Crippen LogP contribution in [0.5, 0.6) is 0 Å². The van der Waals surface area contributed by atoms with Crippen LogP contribution in [0.3, 0.4) is 0 Å². The van der Waals surface area contributed by atoms with Crippen molar-refractivity contribution in [2.24, 2.45) is 5.92 Å². The summed E-state index contributed by atoms with van der Waals surface area (Å²) in [5.74, 6) is 1.61. The van der Waals surface area contributed by atoms with E-state index in [9.17, 15) is 4.79 Å². The fourth-order valence-electron chi connectivity index (χ4n) is 5.28. The summed E-state index contributed by atoms with van der Waals surface area (Å²) in [6, 6.07) is 11.7. The van der Waals surface area contributed by atoms with Gasteiger partial charge in [-0.3, -0.25) is 4.79 Å². The molecule has 0 saturated heterocycles. The first-order valence-electron chi connectivity index (χ1n) is 13.1. The van der Waals surface area contributed by atoms with Gasteiger partial charge in [0.05, 0.1) is 0 Å². The van der Waals surface area contributed by atoms with Gasteiger partial charge in [0.2, 0.25) is 0 Å². The quantitative estimate of drug-likeness (QED) is 0.430. The maximum atomic E-state index is 12.4. The van der Waals surface area contributed by atoms with Gasteiger partial charge in [0, 0.05) is 23.9 Å². The molecule has 0 aromatic heterocycles. The summed E-state index contributed by atoms with van der Waals surface area (Å²) < 4.78 is 0. The third kappa shape index (κ3) is 5.66. The minimum Gasteiger partial charge on any atom is -0.313 e. The van der Waals surface area contributed by atoms with Crippen LogP contribution in [0.2, 0.25) is 0 Å². The molecule has 0 bridgehead atoms. The van der Waals surface area contributed by atoms with Gasteiger partial charge >= 0.3 is 0 Å².